The van der Waals surface area contributed by atoms with Gasteiger partial charge < -0.3 is 4.42 Å². The van der Waals surface area contributed by atoms with Crippen LogP contribution in [0.5, 0.6) is 0 Å². The number of furan rings is 1. The summed E-state index contributed by atoms with van der Waals surface area (Å²) in [4.78, 5) is 0. The largest absolute Gasteiger partial charge is 0.455 e. The van der Waals surface area contributed by atoms with Crippen LogP contribution in [-0.2, 0) is 0 Å². The zero-order valence-corrected chi connectivity index (χ0v) is 26.7. The molecule has 9 aromatic carbocycles. The lowest BCUT2D eigenvalue weighted by Gasteiger charge is -2.18. The molecule has 228 valence electrons. The molecule has 10 rings (SSSR count). The normalized spacial score (nSPS) is 12.0. The van der Waals surface area contributed by atoms with Crippen molar-refractivity contribution in [2.45, 2.75) is 0 Å². The van der Waals surface area contributed by atoms with Gasteiger partial charge in [0.15, 0.2) is 0 Å². The third kappa shape index (κ3) is 4.40. The zero-order chi connectivity index (χ0) is 33.2. The molecule has 1 aromatic heterocycles. The smallest absolute Gasteiger partial charge is 0.143 e. The van der Waals surface area contributed by atoms with Crippen LogP contribution < -0.4 is 0 Å². The molecule has 1 nitrogen and oxygen atoms in total. The number of fused-ring (bicyclic) bond motifs is 6. The van der Waals surface area contributed by atoms with Gasteiger partial charge in [-0.05, 0) is 89.5 Å². The molecule has 0 aliphatic heterocycles. The molecule has 0 spiro atoms. The SMILES string of the molecule is [2H]c1ccc2cc(-c3cccc(-c4c5ccccc5c(-c5cccc6oc7c(-c8ccccc8)cccc7c56)c5ccccc45)c3)ccc2c1. The first-order chi connectivity index (χ1) is 24.7. The van der Waals surface area contributed by atoms with Gasteiger partial charge in [0, 0.05) is 16.3 Å². The second-order valence-electron chi connectivity index (χ2n) is 12.7. The van der Waals surface area contributed by atoms with E-state index in [2.05, 4.69) is 158 Å². The maximum absolute atomic E-state index is 8.02. The first kappa shape index (κ1) is 26.6. The van der Waals surface area contributed by atoms with E-state index in [1.807, 2.05) is 18.2 Å². The lowest BCUT2D eigenvalue weighted by atomic mass is 9.84. The monoisotopic (exact) mass is 623 g/mol. The van der Waals surface area contributed by atoms with Gasteiger partial charge in [0.05, 0.1) is 1.37 Å². The van der Waals surface area contributed by atoms with Crippen molar-refractivity contribution >= 4 is 54.3 Å². The van der Waals surface area contributed by atoms with Crippen LogP contribution in [0, 0.1) is 0 Å². The third-order valence-corrected chi connectivity index (χ3v) is 9.98. The molecule has 0 bridgehead atoms. The highest BCUT2D eigenvalue weighted by atomic mass is 16.3. The van der Waals surface area contributed by atoms with E-state index in [1.165, 1.54) is 49.4 Å². The highest BCUT2D eigenvalue weighted by molar-refractivity contribution is 6.26. The predicted octanol–water partition coefficient (Wildman–Crippen LogP) is 13.7. The molecular weight excluding hydrogens is 593 g/mol. The number of hydrogen-bond acceptors (Lipinski definition) is 1. The van der Waals surface area contributed by atoms with Crippen molar-refractivity contribution in [2.24, 2.45) is 0 Å². The maximum atomic E-state index is 8.02. The van der Waals surface area contributed by atoms with Crippen molar-refractivity contribution in [3.8, 4) is 44.5 Å². The highest BCUT2D eigenvalue weighted by Crippen LogP contribution is 2.48. The van der Waals surface area contributed by atoms with Crippen molar-refractivity contribution in [3.63, 3.8) is 0 Å². The van der Waals surface area contributed by atoms with Gasteiger partial charge >= 0.3 is 0 Å². The molecule has 0 saturated carbocycles. The Morgan fingerprint density at radius 3 is 1.78 bits per heavy atom. The summed E-state index contributed by atoms with van der Waals surface area (Å²) in [6.07, 6.45) is 0. The van der Waals surface area contributed by atoms with Crippen molar-refractivity contribution < 1.29 is 5.79 Å². The first-order valence-electron chi connectivity index (χ1n) is 17.3. The van der Waals surface area contributed by atoms with Crippen molar-refractivity contribution in [3.05, 3.63) is 182 Å². The molecule has 0 aliphatic rings. The number of para-hydroxylation sites is 1. The lowest BCUT2D eigenvalue weighted by molar-refractivity contribution is 0.670. The summed E-state index contributed by atoms with van der Waals surface area (Å²) in [6, 6.07) is 62.9. The summed E-state index contributed by atoms with van der Waals surface area (Å²) >= 11 is 0. The van der Waals surface area contributed by atoms with Crippen LogP contribution in [0.3, 0.4) is 0 Å². The van der Waals surface area contributed by atoms with Crippen LogP contribution in [0.2, 0.25) is 0 Å². The van der Waals surface area contributed by atoms with Gasteiger partial charge in [-0.15, -0.1) is 0 Å². The zero-order valence-electron chi connectivity index (χ0n) is 27.7. The van der Waals surface area contributed by atoms with Gasteiger partial charge in [0.2, 0.25) is 0 Å². The molecule has 1 heterocycles. The maximum Gasteiger partial charge on any atom is 0.143 e. The minimum atomic E-state index is 0.531. The van der Waals surface area contributed by atoms with Crippen LogP contribution in [-0.4, -0.2) is 0 Å². The molecular formula is C48H30O. The summed E-state index contributed by atoms with van der Waals surface area (Å²) in [6.45, 7) is 0. The fourth-order valence-corrected chi connectivity index (χ4v) is 7.79. The fraction of sp³-hybridized carbons (Fsp3) is 0. The van der Waals surface area contributed by atoms with Gasteiger partial charge in [-0.25, -0.2) is 0 Å². The Morgan fingerprint density at radius 1 is 0.367 bits per heavy atom. The minimum Gasteiger partial charge on any atom is -0.455 e. The van der Waals surface area contributed by atoms with Gasteiger partial charge in [-0.3, -0.25) is 0 Å². The third-order valence-electron chi connectivity index (χ3n) is 9.98. The molecule has 0 amide bonds. The Kier molecular flexibility index (Phi) is 6.02. The Bertz CT molecular complexity index is 2880. The average Bonchev–Trinajstić information content (AvgIpc) is 3.56. The van der Waals surface area contributed by atoms with E-state index < -0.39 is 0 Å². The molecule has 49 heavy (non-hydrogen) atoms. The Balaban J connectivity index is 1.23. The first-order valence-corrected chi connectivity index (χ1v) is 16.8. The number of benzene rings is 9. The second-order valence-corrected chi connectivity index (χ2v) is 12.7. The van der Waals surface area contributed by atoms with Crippen LogP contribution in [0.1, 0.15) is 1.37 Å². The van der Waals surface area contributed by atoms with E-state index in [0.29, 0.717) is 6.04 Å². The number of rotatable bonds is 4. The second kappa shape index (κ2) is 11.1. The van der Waals surface area contributed by atoms with Crippen LogP contribution in [0.25, 0.3) is 98.8 Å². The summed E-state index contributed by atoms with van der Waals surface area (Å²) in [5.41, 5.74) is 11.2. The fourth-order valence-electron chi connectivity index (χ4n) is 7.79. The van der Waals surface area contributed by atoms with E-state index in [9.17, 15) is 0 Å². The molecule has 0 fully saturated rings. The summed E-state index contributed by atoms with van der Waals surface area (Å²) < 4.78 is 14.7. The molecule has 0 unspecified atom stereocenters. The lowest BCUT2D eigenvalue weighted by Crippen LogP contribution is -1.91. The van der Waals surface area contributed by atoms with E-state index in [0.717, 1.165) is 49.4 Å². The van der Waals surface area contributed by atoms with E-state index in [-0.39, 0.29) is 0 Å². The Labute approximate surface area is 285 Å². The van der Waals surface area contributed by atoms with Crippen LogP contribution >= 0.6 is 0 Å². The predicted molar refractivity (Wildman–Crippen MR) is 208 cm³/mol. The molecule has 10 aromatic rings. The molecule has 0 saturated heterocycles. The molecule has 0 N–H and O–H groups in total. The topological polar surface area (TPSA) is 13.1 Å². The number of hydrogen-bond donors (Lipinski definition) is 0. The Morgan fingerprint density at radius 2 is 0.980 bits per heavy atom. The van der Waals surface area contributed by atoms with Gasteiger partial charge in [0.1, 0.15) is 11.2 Å². The van der Waals surface area contributed by atoms with E-state index >= 15 is 0 Å². The summed E-state index contributed by atoms with van der Waals surface area (Å²) in [5.74, 6) is 0. The molecule has 0 aliphatic carbocycles. The van der Waals surface area contributed by atoms with Crippen LogP contribution in [0.15, 0.2) is 186 Å². The van der Waals surface area contributed by atoms with Gasteiger partial charge in [-0.1, -0.05) is 164 Å². The van der Waals surface area contributed by atoms with Crippen molar-refractivity contribution in [2.75, 3.05) is 0 Å². The molecule has 0 atom stereocenters. The van der Waals surface area contributed by atoms with E-state index in [1.54, 1.807) is 0 Å². The standard InChI is InChI=1S/C48H30O/c1-2-14-32(15-3-1)37-23-11-25-43-47-42(24-12-26-44(47)49-48(37)43)46-40-21-8-6-19-38(40)45(39-20-7-9-22-41(39)46)36-18-10-17-34(30-36)35-28-27-31-13-4-5-16-33(31)29-35/h1-30H/i4D. The van der Waals surface area contributed by atoms with Gasteiger partial charge in [-0.2, -0.15) is 0 Å². The van der Waals surface area contributed by atoms with Crippen molar-refractivity contribution in [1.82, 2.24) is 0 Å². The van der Waals surface area contributed by atoms with E-state index in [4.69, 9.17) is 5.79 Å². The van der Waals surface area contributed by atoms with Crippen molar-refractivity contribution in [1.29, 1.82) is 0 Å². The summed E-state index contributed by atoms with van der Waals surface area (Å²) in [5, 5.41) is 9.34. The highest BCUT2D eigenvalue weighted by Gasteiger charge is 2.21. The van der Waals surface area contributed by atoms with Gasteiger partial charge in [0.25, 0.3) is 0 Å². The Hall–Kier alpha value is -6.44. The minimum absolute atomic E-state index is 0.531. The molecule has 1 heteroatoms. The van der Waals surface area contributed by atoms with Crippen LogP contribution in [0.4, 0.5) is 0 Å². The quantitative estimate of drug-likeness (QED) is 0.178. The average molecular weight is 624 g/mol. The summed E-state index contributed by atoms with van der Waals surface area (Å²) in [7, 11) is 0. The molecule has 0 radical (unpaired) electrons.